The van der Waals surface area contributed by atoms with E-state index in [0.717, 1.165) is 50.2 Å². The minimum atomic E-state index is -0.0613. The minimum absolute atomic E-state index is 0.0613. The number of nitrogens with zero attached hydrogens (tertiary/aromatic N) is 6. The maximum Gasteiger partial charge on any atom is 0.267 e. The molecule has 0 aromatic carbocycles. The summed E-state index contributed by atoms with van der Waals surface area (Å²) in [5.41, 5.74) is 2.14. The monoisotopic (exact) mass is 395 g/mol. The number of anilines is 1. The van der Waals surface area contributed by atoms with Gasteiger partial charge in [0.25, 0.3) is 5.56 Å². The van der Waals surface area contributed by atoms with Gasteiger partial charge in [-0.2, -0.15) is 10.4 Å². The predicted octanol–water partition coefficient (Wildman–Crippen LogP) is 0.944. The molecular weight excluding hydrogens is 370 g/mol. The molecule has 0 aliphatic carbocycles. The van der Waals surface area contributed by atoms with Gasteiger partial charge in [-0.05, 0) is 19.4 Å². The highest BCUT2D eigenvalue weighted by atomic mass is 16.5. The Morgan fingerprint density at radius 1 is 1.28 bits per heavy atom. The van der Waals surface area contributed by atoms with Crippen molar-refractivity contribution in [1.29, 1.82) is 5.26 Å². The third kappa shape index (κ3) is 4.78. The molecule has 2 aromatic heterocycles. The molecule has 0 saturated carbocycles. The predicted molar refractivity (Wildman–Crippen MR) is 106 cm³/mol. The van der Waals surface area contributed by atoms with Crippen LogP contribution < -0.4 is 10.9 Å². The number of ether oxygens (including phenoxy) is 1. The van der Waals surface area contributed by atoms with Crippen molar-refractivity contribution < 1.29 is 4.74 Å². The maximum absolute atomic E-state index is 12.4. The Morgan fingerprint density at radius 2 is 2.21 bits per heavy atom. The van der Waals surface area contributed by atoms with Crippen LogP contribution in [0.4, 0.5) is 5.82 Å². The zero-order valence-electron chi connectivity index (χ0n) is 16.4. The molecule has 152 valence electrons. The van der Waals surface area contributed by atoms with Crippen LogP contribution in [0.15, 0.2) is 23.3 Å². The van der Waals surface area contributed by atoms with Gasteiger partial charge < -0.3 is 10.1 Å². The standard InChI is InChI=1S/C20H25N7O2/c21-10-16-11-23-19(13-22-16)24-12-17-3-1-2-5-26(17)6-7-27-20(28)9-15-14-29-8-4-18(15)25-27/h9,11,13,17H,1-8,12,14H2,(H,23,24). The summed E-state index contributed by atoms with van der Waals surface area (Å²) in [7, 11) is 0. The van der Waals surface area contributed by atoms with E-state index >= 15 is 0 Å². The van der Waals surface area contributed by atoms with Crippen molar-refractivity contribution in [3.8, 4) is 6.07 Å². The molecule has 2 aliphatic rings. The first kappa shape index (κ1) is 19.5. The Morgan fingerprint density at radius 3 is 3.03 bits per heavy atom. The lowest BCUT2D eigenvalue weighted by atomic mass is 10.0. The maximum atomic E-state index is 12.4. The molecule has 1 unspecified atom stereocenters. The molecule has 0 amide bonds. The van der Waals surface area contributed by atoms with Crippen LogP contribution in [-0.2, 0) is 24.3 Å². The van der Waals surface area contributed by atoms with Gasteiger partial charge in [0, 0.05) is 37.2 Å². The van der Waals surface area contributed by atoms with Crippen LogP contribution >= 0.6 is 0 Å². The number of nitriles is 1. The fraction of sp³-hybridized carbons (Fsp3) is 0.550. The van der Waals surface area contributed by atoms with E-state index in [0.29, 0.717) is 37.3 Å². The SMILES string of the molecule is N#Cc1cnc(NCC2CCCCN2CCn2nc3c(cc2=O)COCC3)cn1. The van der Waals surface area contributed by atoms with Crippen molar-refractivity contribution in [2.24, 2.45) is 0 Å². The number of nitrogens with one attached hydrogen (secondary N) is 1. The van der Waals surface area contributed by atoms with Gasteiger partial charge in [0.05, 0.1) is 37.8 Å². The van der Waals surface area contributed by atoms with E-state index in [2.05, 4.69) is 25.3 Å². The third-order valence-corrected chi connectivity index (χ3v) is 5.54. The van der Waals surface area contributed by atoms with Crippen LogP contribution in [0.2, 0.25) is 0 Å². The number of likely N-dealkylation sites (tertiary alicyclic amines) is 1. The first-order valence-corrected chi connectivity index (χ1v) is 10.1. The number of fused-ring (bicyclic) bond motifs is 1. The van der Waals surface area contributed by atoms with Crippen LogP contribution in [0.1, 0.15) is 36.2 Å². The van der Waals surface area contributed by atoms with E-state index in [1.807, 2.05) is 6.07 Å². The van der Waals surface area contributed by atoms with Crippen molar-refractivity contribution in [3.63, 3.8) is 0 Å². The lowest BCUT2D eigenvalue weighted by molar-refractivity contribution is 0.107. The Labute approximate surface area is 169 Å². The number of piperidine rings is 1. The second-order valence-corrected chi connectivity index (χ2v) is 7.45. The van der Waals surface area contributed by atoms with E-state index in [1.54, 1.807) is 16.9 Å². The lowest BCUT2D eigenvalue weighted by Gasteiger charge is -2.36. The van der Waals surface area contributed by atoms with Crippen LogP contribution in [0.3, 0.4) is 0 Å². The van der Waals surface area contributed by atoms with Gasteiger partial charge in [0.15, 0.2) is 5.69 Å². The van der Waals surface area contributed by atoms with E-state index < -0.39 is 0 Å². The molecule has 29 heavy (non-hydrogen) atoms. The highest BCUT2D eigenvalue weighted by molar-refractivity contribution is 5.33. The summed E-state index contributed by atoms with van der Waals surface area (Å²) in [4.78, 5) is 23.1. The Hall–Kier alpha value is -2.83. The fourth-order valence-corrected chi connectivity index (χ4v) is 3.92. The van der Waals surface area contributed by atoms with Crippen molar-refractivity contribution in [2.75, 3.05) is 31.6 Å². The molecular formula is C20H25N7O2. The first-order chi connectivity index (χ1) is 14.2. The topological polar surface area (TPSA) is 109 Å². The van der Waals surface area contributed by atoms with E-state index in [1.165, 1.54) is 12.6 Å². The number of hydrogen-bond donors (Lipinski definition) is 1. The van der Waals surface area contributed by atoms with Gasteiger partial charge in [-0.25, -0.2) is 14.6 Å². The molecule has 1 atom stereocenters. The van der Waals surface area contributed by atoms with Gasteiger partial charge in [0.2, 0.25) is 0 Å². The molecule has 2 aromatic rings. The van der Waals surface area contributed by atoms with E-state index in [-0.39, 0.29) is 5.56 Å². The summed E-state index contributed by atoms with van der Waals surface area (Å²) < 4.78 is 7.00. The van der Waals surface area contributed by atoms with E-state index in [9.17, 15) is 4.79 Å². The number of hydrogen-bond acceptors (Lipinski definition) is 8. The second kappa shape index (κ2) is 9.11. The molecule has 1 N–H and O–H groups in total. The van der Waals surface area contributed by atoms with Crippen LogP contribution in [0.25, 0.3) is 0 Å². The molecule has 1 fully saturated rings. The zero-order chi connectivity index (χ0) is 20.1. The summed E-state index contributed by atoms with van der Waals surface area (Å²) >= 11 is 0. The highest BCUT2D eigenvalue weighted by Gasteiger charge is 2.22. The molecule has 9 nitrogen and oxygen atoms in total. The van der Waals surface area contributed by atoms with Gasteiger partial charge >= 0.3 is 0 Å². The molecule has 4 rings (SSSR count). The van der Waals surface area contributed by atoms with Gasteiger partial charge in [-0.1, -0.05) is 6.42 Å². The summed E-state index contributed by atoms with van der Waals surface area (Å²) in [5.74, 6) is 0.671. The van der Waals surface area contributed by atoms with E-state index in [4.69, 9.17) is 10.00 Å². The number of rotatable bonds is 6. The van der Waals surface area contributed by atoms with Crippen LogP contribution in [0, 0.1) is 11.3 Å². The second-order valence-electron chi connectivity index (χ2n) is 7.45. The molecule has 2 aliphatic heterocycles. The Kier molecular flexibility index (Phi) is 6.12. The average molecular weight is 395 g/mol. The largest absolute Gasteiger partial charge is 0.376 e. The molecule has 0 radical (unpaired) electrons. The Bertz CT molecular complexity index is 935. The van der Waals surface area contributed by atoms with Crippen LogP contribution in [-0.4, -0.2) is 56.9 Å². The highest BCUT2D eigenvalue weighted by Crippen LogP contribution is 2.18. The number of aromatic nitrogens is 4. The van der Waals surface area contributed by atoms with Crippen LogP contribution in [0.5, 0.6) is 0 Å². The molecule has 0 spiro atoms. The third-order valence-electron chi connectivity index (χ3n) is 5.54. The first-order valence-electron chi connectivity index (χ1n) is 10.1. The zero-order valence-corrected chi connectivity index (χ0v) is 16.4. The van der Waals surface area contributed by atoms with Gasteiger partial charge in [0.1, 0.15) is 11.9 Å². The summed E-state index contributed by atoms with van der Waals surface area (Å²) in [6.45, 7) is 4.28. The normalized spacial score (nSPS) is 19.3. The molecule has 1 saturated heterocycles. The van der Waals surface area contributed by atoms with Gasteiger partial charge in [-0.15, -0.1) is 0 Å². The van der Waals surface area contributed by atoms with Gasteiger partial charge in [-0.3, -0.25) is 9.69 Å². The summed E-state index contributed by atoms with van der Waals surface area (Å²) in [5, 5.41) is 16.7. The molecule has 0 bridgehead atoms. The quantitative estimate of drug-likeness (QED) is 0.770. The van der Waals surface area contributed by atoms with Crippen molar-refractivity contribution in [2.45, 2.75) is 44.9 Å². The fourth-order valence-electron chi connectivity index (χ4n) is 3.92. The minimum Gasteiger partial charge on any atom is -0.376 e. The molecule has 9 heteroatoms. The summed E-state index contributed by atoms with van der Waals surface area (Å²) in [6, 6.07) is 4.00. The Balaban J connectivity index is 1.36. The van der Waals surface area contributed by atoms with Crippen molar-refractivity contribution >= 4 is 5.82 Å². The smallest absolute Gasteiger partial charge is 0.267 e. The van der Waals surface area contributed by atoms with Crippen molar-refractivity contribution in [3.05, 3.63) is 45.8 Å². The molecule has 4 heterocycles. The lowest BCUT2D eigenvalue weighted by Crippen LogP contribution is -2.46. The van der Waals surface area contributed by atoms with Crippen molar-refractivity contribution in [1.82, 2.24) is 24.6 Å². The summed E-state index contributed by atoms with van der Waals surface area (Å²) in [6.07, 6.45) is 7.28. The average Bonchev–Trinajstić information content (AvgIpc) is 2.77.